The lowest BCUT2D eigenvalue weighted by Crippen LogP contribution is -2.39. The Kier molecular flexibility index (Phi) is 5.95. The smallest absolute Gasteiger partial charge is 0.433 e. The van der Waals surface area contributed by atoms with Crippen molar-refractivity contribution in [1.29, 1.82) is 0 Å². The van der Waals surface area contributed by atoms with Gasteiger partial charge in [0.05, 0.1) is 5.56 Å². The van der Waals surface area contributed by atoms with E-state index in [0.29, 0.717) is 32.5 Å². The minimum atomic E-state index is -4.52. The van der Waals surface area contributed by atoms with Gasteiger partial charge in [-0.05, 0) is 37.0 Å². The summed E-state index contributed by atoms with van der Waals surface area (Å²) in [5.74, 6) is -1.33. The molecule has 2 aromatic rings. The van der Waals surface area contributed by atoms with Crippen molar-refractivity contribution in [3.63, 3.8) is 0 Å². The number of pyridine rings is 1. The van der Waals surface area contributed by atoms with Crippen LogP contribution in [0.1, 0.15) is 39.4 Å². The predicted octanol–water partition coefficient (Wildman–Crippen LogP) is 2.24. The number of halogens is 3. The third-order valence-corrected chi connectivity index (χ3v) is 4.63. The number of hydrogen-bond acceptors (Lipinski definition) is 6. The summed E-state index contributed by atoms with van der Waals surface area (Å²) < 4.78 is 38.4. The van der Waals surface area contributed by atoms with Crippen molar-refractivity contribution in [3.8, 4) is 0 Å². The van der Waals surface area contributed by atoms with Crippen LogP contribution in [0.3, 0.4) is 0 Å². The van der Waals surface area contributed by atoms with E-state index in [0.717, 1.165) is 12.3 Å². The van der Waals surface area contributed by atoms with Crippen LogP contribution in [0.25, 0.3) is 0 Å². The zero-order chi connectivity index (χ0) is 21.0. The second kappa shape index (κ2) is 8.41. The summed E-state index contributed by atoms with van der Waals surface area (Å²) in [6.45, 7) is 1.37. The Bertz CT molecular complexity index is 881. The maximum Gasteiger partial charge on any atom is 0.433 e. The Morgan fingerprint density at radius 1 is 1.17 bits per heavy atom. The maximum atomic E-state index is 12.8. The summed E-state index contributed by atoms with van der Waals surface area (Å²) in [6, 6.07) is 3.48. The number of nitrogens with one attached hydrogen (secondary N) is 1. The molecule has 1 amide bonds. The molecule has 0 radical (unpaired) electrons. The van der Waals surface area contributed by atoms with Crippen LogP contribution >= 0.6 is 0 Å². The Morgan fingerprint density at radius 2 is 1.90 bits per heavy atom. The van der Waals surface area contributed by atoms with Crippen LogP contribution in [0.4, 0.5) is 19.1 Å². The van der Waals surface area contributed by atoms with Crippen molar-refractivity contribution in [2.45, 2.75) is 19.0 Å². The number of carbonyl (C=O) groups is 2. The highest BCUT2D eigenvalue weighted by atomic mass is 19.4. The zero-order valence-electron chi connectivity index (χ0n) is 15.2. The topological polar surface area (TPSA) is 108 Å². The van der Waals surface area contributed by atoms with E-state index in [-0.39, 0.29) is 29.0 Å². The lowest BCUT2D eigenvalue weighted by Gasteiger charge is -2.32. The summed E-state index contributed by atoms with van der Waals surface area (Å²) >= 11 is 0. The second-order valence-electron chi connectivity index (χ2n) is 6.62. The van der Waals surface area contributed by atoms with Gasteiger partial charge in [-0.2, -0.15) is 13.2 Å². The van der Waals surface area contributed by atoms with Gasteiger partial charge in [0.2, 0.25) is 5.95 Å². The molecule has 0 unspecified atom stereocenters. The van der Waals surface area contributed by atoms with Gasteiger partial charge in [-0.15, -0.1) is 0 Å². The average Bonchev–Trinajstić information content (AvgIpc) is 2.72. The van der Waals surface area contributed by atoms with Gasteiger partial charge < -0.3 is 15.3 Å². The molecule has 3 rings (SSSR count). The summed E-state index contributed by atoms with van der Waals surface area (Å²) in [4.78, 5) is 35.9. The van der Waals surface area contributed by atoms with Crippen molar-refractivity contribution >= 4 is 17.8 Å². The molecule has 8 nitrogen and oxygen atoms in total. The van der Waals surface area contributed by atoms with Crippen molar-refractivity contribution in [2.75, 3.05) is 24.5 Å². The Hall–Kier alpha value is -3.24. The summed E-state index contributed by atoms with van der Waals surface area (Å²) in [5, 5.41) is 11.6. The quantitative estimate of drug-likeness (QED) is 0.780. The highest BCUT2D eigenvalue weighted by Crippen LogP contribution is 2.29. The van der Waals surface area contributed by atoms with Crippen LogP contribution in [0.5, 0.6) is 0 Å². The highest BCUT2D eigenvalue weighted by molar-refractivity contribution is 5.94. The van der Waals surface area contributed by atoms with Crippen LogP contribution in [0.15, 0.2) is 30.6 Å². The van der Waals surface area contributed by atoms with Crippen molar-refractivity contribution in [3.05, 3.63) is 47.5 Å². The molecular formula is C18H18F3N5O3. The number of nitrogens with zero attached hydrogens (tertiary/aromatic N) is 4. The van der Waals surface area contributed by atoms with Crippen molar-refractivity contribution in [1.82, 2.24) is 20.3 Å². The first kappa shape index (κ1) is 20.5. The number of carbonyl (C=O) groups excluding carboxylic acids is 1. The van der Waals surface area contributed by atoms with Gasteiger partial charge in [-0.3, -0.25) is 4.79 Å². The molecule has 1 fully saturated rings. The van der Waals surface area contributed by atoms with Crippen molar-refractivity contribution in [2.24, 2.45) is 5.92 Å². The SMILES string of the molecule is O=C(NCC1CCN(c2nccc(C(F)(F)F)n2)CC1)c1ccc(C(=O)O)nc1. The minimum absolute atomic E-state index is 0.0481. The Morgan fingerprint density at radius 3 is 2.48 bits per heavy atom. The lowest BCUT2D eigenvalue weighted by atomic mass is 9.97. The van der Waals surface area contributed by atoms with Gasteiger partial charge in [-0.1, -0.05) is 0 Å². The van der Waals surface area contributed by atoms with Gasteiger partial charge in [0.1, 0.15) is 11.4 Å². The number of carboxylic acid groups (broad SMARTS) is 1. The van der Waals surface area contributed by atoms with Crippen LogP contribution in [-0.2, 0) is 6.18 Å². The molecule has 2 aromatic heterocycles. The monoisotopic (exact) mass is 409 g/mol. The molecular weight excluding hydrogens is 391 g/mol. The molecule has 154 valence electrons. The fourth-order valence-electron chi connectivity index (χ4n) is 2.99. The molecule has 1 aliphatic heterocycles. The van der Waals surface area contributed by atoms with Crippen LogP contribution in [0.2, 0.25) is 0 Å². The lowest BCUT2D eigenvalue weighted by molar-refractivity contribution is -0.141. The molecule has 0 saturated carbocycles. The fourth-order valence-corrected chi connectivity index (χ4v) is 2.99. The van der Waals surface area contributed by atoms with E-state index in [9.17, 15) is 22.8 Å². The van der Waals surface area contributed by atoms with Gasteiger partial charge >= 0.3 is 12.1 Å². The molecule has 0 atom stereocenters. The average molecular weight is 409 g/mol. The van der Waals surface area contributed by atoms with E-state index in [1.54, 1.807) is 4.90 Å². The number of piperidine rings is 1. The number of carboxylic acids is 1. The van der Waals surface area contributed by atoms with E-state index in [2.05, 4.69) is 20.3 Å². The first-order valence-corrected chi connectivity index (χ1v) is 8.87. The molecule has 1 saturated heterocycles. The van der Waals surface area contributed by atoms with Crippen LogP contribution in [0, 0.1) is 5.92 Å². The van der Waals surface area contributed by atoms with Crippen LogP contribution < -0.4 is 10.2 Å². The number of alkyl halides is 3. The van der Waals surface area contributed by atoms with E-state index in [1.165, 1.54) is 18.3 Å². The normalized spacial score (nSPS) is 15.2. The molecule has 0 bridgehead atoms. The molecule has 2 N–H and O–H groups in total. The highest BCUT2D eigenvalue weighted by Gasteiger charge is 2.33. The van der Waals surface area contributed by atoms with Crippen molar-refractivity contribution < 1.29 is 27.9 Å². The summed E-state index contributed by atoms with van der Waals surface area (Å²) in [6.07, 6.45) is -0.891. The van der Waals surface area contributed by atoms with E-state index < -0.39 is 17.8 Å². The zero-order valence-corrected chi connectivity index (χ0v) is 15.2. The van der Waals surface area contributed by atoms with Gasteiger partial charge in [0, 0.05) is 32.0 Å². The predicted molar refractivity (Wildman–Crippen MR) is 95.5 cm³/mol. The molecule has 29 heavy (non-hydrogen) atoms. The van der Waals surface area contributed by atoms with E-state index in [1.807, 2.05) is 0 Å². The maximum absolute atomic E-state index is 12.8. The number of aromatic carboxylic acids is 1. The standard InChI is InChI=1S/C18H18F3N5O3/c19-18(20,21)14-3-6-22-17(25-14)26-7-4-11(5-8-26)9-24-15(27)12-1-2-13(16(28)29)23-10-12/h1-3,6,10-11H,4-5,7-9H2,(H,24,27)(H,28,29). The minimum Gasteiger partial charge on any atom is -0.477 e. The number of aromatic nitrogens is 3. The third-order valence-electron chi connectivity index (χ3n) is 4.63. The molecule has 1 aliphatic rings. The number of hydrogen-bond donors (Lipinski definition) is 2. The first-order chi connectivity index (χ1) is 13.7. The Balaban J connectivity index is 1.50. The number of rotatable bonds is 5. The largest absolute Gasteiger partial charge is 0.477 e. The van der Waals surface area contributed by atoms with E-state index in [4.69, 9.17) is 5.11 Å². The summed E-state index contributed by atoms with van der Waals surface area (Å²) in [5.41, 5.74) is -0.866. The Labute approximate surface area is 163 Å². The second-order valence-corrected chi connectivity index (χ2v) is 6.62. The third kappa shape index (κ3) is 5.18. The fraction of sp³-hybridized carbons (Fsp3) is 0.389. The molecule has 11 heteroatoms. The van der Waals surface area contributed by atoms with E-state index >= 15 is 0 Å². The molecule has 3 heterocycles. The van der Waals surface area contributed by atoms with Gasteiger partial charge in [0.15, 0.2) is 0 Å². The molecule has 0 spiro atoms. The van der Waals surface area contributed by atoms with Gasteiger partial charge in [-0.25, -0.2) is 19.7 Å². The molecule has 0 aliphatic carbocycles. The number of amides is 1. The first-order valence-electron chi connectivity index (χ1n) is 8.87. The van der Waals surface area contributed by atoms with Gasteiger partial charge in [0.25, 0.3) is 5.91 Å². The number of anilines is 1. The molecule has 0 aromatic carbocycles. The van der Waals surface area contributed by atoms with Crippen LogP contribution in [-0.4, -0.2) is 51.6 Å². The summed E-state index contributed by atoms with van der Waals surface area (Å²) in [7, 11) is 0.